The minimum absolute atomic E-state index is 0.0163. The molecule has 0 saturated heterocycles. The second kappa shape index (κ2) is 3.69. The molecule has 0 aliphatic heterocycles. The van der Waals surface area contributed by atoms with E-state index in [4.69, 9.17) is 5.11 Å². The first-order chi connectivity index (χ1) is 6.74. The molecule has 78 valence electrons. The Morgan fingerprint density at radius 2 is 2.29 bits per heavy atom. The van der Waals surface area contributed by atoms with Crippen molar-refractivity contribution >= 4 is 0 Å². The average Bonchev–Trinajstić information content (AvgIpc) is 2.75. The fourth-order valence-corrected chi connectivity index (χ4v) is 2.39. The van der Waals surface area contributed by atoms with E-state index in [1.807, 2.05) is 4.57 Å². The number of aromatic nitrogens is 3. The predicted octanol–water partition coefficient (Wildman–Crippen LogP) is 1.38. The molecule has 4 nitrogen and oxygen atoms in total. The van der Waals surface area contributed by atoms with E-state index in [1.54, 1.807) is 6.33 Å². The summed E-state index contributed by atoms with van der Waals surface area (Å²) in [6, 6.07) is 0.474. The lowest BCUT2D eigenvalue weighted by Crippen LogP contribution is -2.16. The van der Waals surface area contributed by atoms with Crippen molar-refractivity contribution in [3.8, 4) is 0 Å². The lowest BCUT2D eigenvalue weighted by Gasteiger charge is -2.20. The van der Waals surface area contributed by atoms with Gasteiger partial charge in [-0.15, -0.1) is 10.2 Å². The van der Waals surface area contributed by atoms with Crippen molar-refractivity contribution in [2.24, 2.45) is 11.8 Å². The molecule has 1 N–H and O–H groups in total. The number of nitrogens with zero attached hydrogens (tertiary/aromatic N) is 3. The molecule has 1 fully saturated rings. The van der Waals surface area contributed by atoms with Gasteiger partial charge in [0.1, 0.15) is 12.9 Å². The standard InChI is InChI=1S/C10H17N3O/c1-7-3-4-9(8(7)2)13-6-11-12-10(13)5-14/h6-9,14H,3-5H2,1-2H3. The van der Waals surface area contributed by atoms with Crippen LogP contribution >= 0.6 is 0 Å². The van der Waals surface area contributed by atoms with Gasteiger partial charge in [-0.2, -0.15) is 0 Å². The molecule has 3 unspecified atom stereocenters. The number of aliphatic hydroxyl groups excluding tert-OH is 1. The van der Waals surface area contributed by atoms with Gasteiger partial charge in [-0.05, 0) is 24.7 Å². The van der Waals surface area contributed by atoms with Gasteiger partial charge in [0.2, 0.25) is 0 Å². The van der Waals surface area contributed by atoms with Crippen LogP contribution in [0.15, 0.2) is 6.33 Å². The van der Waals surface area contributed by atoms with Gasteiger partial charge >= 0.3 is 0 Å². The highest BCUT2D eigenvalue weighted by atomic mass is 16.3. The fourth-order valence-electron chi connectivity index (χ4n) is 2.39. The first-order valence-electron chi connectivity index (χ1n) is 5.23. The molecule has 0 radical (unpaired) electrons. The summed E-state index contributed by atoms with van der Waals surface area (Å²) in [5.41, 5.74) is 0. The Morgan fingerprint density at radius 3 is 2.86 bits per heavy atom. The minimum atomic E-state index is -0.0163. The van der Waals surface area contributed by atoms with Gasteiger partial charge in [0, 0.05) is 6.04 Å². The highest BCUT2D eigenvalue weighted by Crippen LogP contribution is 2.39. The molecule has 1 aliphatic rings. The molecule has 1 aromatic rings. The van der Waals surface area contributed by atoms with Crippen LogP contribution in [0.2, 0.25) is 0 Å². The zero-order chi connectivity index (χ0) is 10.1. The fraction of sp³-hybridized carbons (Fsp3) is 0.800. The molecule has 14 heavy (non-hydrogen) atoms. The second-order valence-electron chi connectivity index (χ2n) is 4.29. The summed E-state index contributed by atoms with van der Waals surface area (Å²) < 4.78 is 2.04. The minimum Gasteiger partial charge on any atom is -0.388 e. The predicted molar refractivity (Wildman–Crippen MR) is 52.5 cm³/mol. The number of hydrogen-bond donors (Lipinski definition) is 1. The Hall–Kier alpha value is -0.900. The molecule has 1 aromatic heterocycles. The number of aliphatic hydroxyl groups is 1. The van der Waals surface area contributed by atoms with Crippen molar-refractivity contribution in [1.29, 1.82) is 0 Å². The monoisotopic (exact) mass is 195 g/mol. The molecular weight excluding hydrogens is 178 g/mol. The van der Waals surface area contributed by atoms with Gasteiger partial charge < -0.3 is 9.67 Å². The van der Waals surface area contributed by atoms with E-state index in [9.17, 15) is 0 Å². The van der Waals surface area contributed by atoms with Crippen LogP contribution in [0.25, 0.3) is 0 Å². The van der Waals surface area contributed by atoms with Gasteiger partial charge in [-0.1, -0.05) is 13.8 Å². The molecule has 3 atom stereocenters. The number of hydrogen-bond acceptors (Lipinski definition) is 3. The smallest absolute Gasteiger partial charge is 0.158 e. The van der Waals surface area contributed by atoms with Crippen molar-refractivity contribution in [2.75, 3.05) is 0 Å². The van der Waals surface area contributed by atoms with Gasteiger partial charge in [0.25, 0.3) is 0 Å². The van der Waals surface area contributed by atoms with Crippen molar-refractivity contribution < 1.29 is 5.11 Å². The van der Waals surface area contributed by atoms with E-state index < -0.39 is 0 Å². The van der Waals surface area contributed by atoms with Crippen molar-refractivity contribution in [3.05, 3.63) is 12.2 Å². The molecule has 0 bridgehead atoms. The normalized spacial score (nSPS) is 32.4. The third-order valence-electron chi connectivity index (χ3n) is 3.57. The third kappa shape index (κ3) is 1.43. The Balaban J connectivity index is 2.23. The van der Waals surface area contributed by atoms with Crippen molar-refractivity contribution in [3.63, 3.8) is 0 Å². The molecule has 0 spiro atoms. The summed E-state index contributed by atoms with van der Waals surface area (Å²) in [5, 5.41) is 16.8. The quantitative estimate of drug-likeness (QED) is 0.775. The van der Waals surface area contributed by atoms with E-state index in [0.717, 1.165) is 5.92 Å². The molecule has 0 amide bonds. The van der Waals surface area contributed by atoms with Crippen LogP contribution in [-0.4, -0.2) is 19.9 Å². The van der Waals surface area contributed by atoms with Crippen LogP contribution < -0.4 is 0 Å². The van der Waals surface area contributed by atoms with Crippen molar-refractivity contribution in [1.82, 2.24) is 14.8 Å². The summed E-state index contributed by atoms with van der Waals surface area (Å²) in [6.07, 6.45) is 4.17. The summed E-state index contributed by atoms with van der Waals surface area (Å²) >= 11 is 0. The SMILES string of the molecule is CC1CCC(n2cnnc2CO)C1C. The summed E-state index contributed by atoms with van der Waals surface area (Å²) in [5.74, 6) is 2.10. The lowest BCUT2D eigenvalue weighted by molar-refractivity contribution is 0.251. The topological polar surface area (TPSA) is 50.9 Å². The molecule has 1 aliphatic carbocycles. The van der Waals surface area contributed by atoms with E-state index in [0.29, 0.717) is 17.8 Å². The van der Waals surface area contributed by atoms with Crippen LogP contribution in [-0.2, 0) is 6.61 Å². The van der Waals surface area contributed by atoms with E-state index in [1.165, 1.54) is 12.8 Å². The first kappa shape index (κ1) is 9.65. The summed E-state index contributed by atoms with van der Waals surface area (Å²) in [4.78, 5) is 0. The molecular formula is C10H17N3O. The zero-order valence-corrected chi connectivity index (χ0v) is 8.72. The summed E-state index contributed by atoms with van der Waals surface area (Å²) in [6.45, 7) is 4.54. The van der Waals surface area contributed by atoms with Gasteiger partial charge in [0.05, 0.1) is 0 Å². The van der Waals surface area contributed by atoms with E-state index in [2.05, 4.69) is 24.0 Å². The van der Waals surface area contributed by atoms with Crippen molar-refractivity contribution in [2.45, 2.75) is 39.3 Å². The maximum absolute atomic E-state index is 9.10. The van der Waals surface area contributed by atoms with Crippen LogP contribution in [0, 0.1) is 11.8 Å². The van der Waals surface area contributed by atoms with Gasteiger partial charge in [-0.3, -0.25) is 0 Å². The van der Waals surface area contributed by atoms with Crippen LogP contribution in [0.5, 0.6) is 0 Å². The van der Waals surface area contributed by atoms with E-state index in [-0.39, 0.29) is 6.61 Å². The molecule has 0 aromatic carbocycles. The molecule has 1 saturated carbocycles. The summed E-state index contributed by atoms with van der Waals surface area (Å²) in [7, 11) is 0. The van der Waals surface area contributed by atoms with Gasteiger partial charge in [-0.25, -0.2) is 0 Å². The third-order valence-corrected chi connectivity index (χ3v) is 3.57. The Labute approximate surface area is 84.0 Å². The Morgan fingerprint density at radius 1 is 1.50 bits per heavy atom. The largest absolute Gasteiger partial charge is 0.388 e. The lowest BCUT2D eigenvalue weighted by atomic mass is 9.98. The highest BCUT2D eigenvalue weighted by Gasteiger charge is 2.31. The Bertz CT molecular complexity index is 310. The van der Waals surface area contributed by atoms with E-state index >= 15 is 0 Å². The first-order valence-corrected chi connectivity index (χ1v) is 5.23. The maximum atomic E-state index is 9.10. The van der Waals surface area contributed by atoms with Crippen LogP contribution in [0.3, 0.4) is 0 Å². The second-order valence-corrected chi connectivity index (χ2v) is 4.29. The van der Waals surface area contributed by atoms with Crippen LogP contribution in [0.1, 0.15) is 38.6 Å². The maximum Gasteiger partial charge on any atom is 0.158 e. The Kier molecular flexibility index (Phi) is 2.54. The molecule has 2 rings (SSSR count). The van der Waals surface area contributed by atoms with Gasteiger partial charge in [0.15, 0.2) is 5.82 Å². The molecule has 4 heteroatoms. The zero-order valence-electron chi connectivity index (χ0n) is 8.72. The number of rotatable bonds is 2. The average molecular weight is 195 g/mol. The van der Waals surface area contributed by atoms with Crippen LogP contribution in [0.4, 0.5) is 0 Å². The molecule has 1 heterocycles. The highest BCUT2D eigenvalue weighted by molar-refractivity contribution is 4.93.